The van der Waals surface area contributed by atoms with E-state index >= 15 is 0 Å². The molecular weight excluding hydrogens is 324 g/mol. The number of rotatable bonds is 1. The summed E-state index contributed by atoms with van der Waals surface area (Å²) >= 11 is 0. The number of hydrogen-bond acceptors (Lipinski definition) is 3. The number of benzene rings is 2. The number of allylic oxidation sites excluding steroid dienone is 4. The largest absolute Gasteiger partial charge is 0.465 e. The zero-order chi connectivity index (χ0) is 17.7. The third kappa shape index (κ3) is 2.34. The Labute approximate surface area is 152 Å². The van der Waals surface area contributed by atoms with E-state index in [1.54, 1.807) is 0 Å². The highest BCUT2D eigenvalue weighted by Crippen LogP contribution is 2.47. The zero-order valence-corrected chi connectivity index (χ0v) is 14.6. The van der Waals surface area contributed by atoms with Crippen molar-refractivity contribution in [1.82, 2.24) is 0 Å². The highest BCUT2D eigenvalue weighted by molar-refractivity contribution is 6.06. The van der Waals surface area contributed by atoms with Crippen LogP contribution in [0.25, 0.3) is 10.8 Å². The van der Waals surface area contributed by atoms with E-state index in [4.69, 9.17) is 4.74 Å². The maximum Gasteiger partial charge on any atom is 0.163 e. The molecule has 26 heavy (non-hydrogen) atoms. The van der Waals surface area contributed by atoms with Gasteiger partial charge in [-0.25, -0.2) is 0 Å². The van der Waals surface area contributed by atoms with Crippen molar-refractivity contribution in [3.8, 4) is 0 Å². The highest BCUT2D eigenvalue weighted by Gasteiger charge is 2.41. The number of carbonyl (C=O) groups excluding carboxylic acids is 2. The Morgan fingerprint density at radius 3 is 2.00 bits per heavy atom. The quantitative estimate of drug-likeness (QED) is 0.734. The summed E-state index contributed by atoms with van der Waals surface area (Å²) in [7, 11) is 0. The second-order valence-electron chi connectivity index (χ2n) is 7.37. The van der Waals surface area contributed by atoms with Crippen LogP contribution in [0.2, 0.25) is 0 Å². The van der Waals surface area contributed by atoms with Crippen LogP contribution in [0.5, 0.6) is 0 Å². The molecule has 0 radical (unpaired) electrons. The fourth-order valence-corrected chi connectivity index (χ4v) is 4.54. The van der Waals surface area contributed by atoms with Gasteiger partial charge in [0.1, 0.15) is 11.5 Å². The summed E-state index contributed by atoms with van der Waals surface area (Å²) in [6, 6.07) is 14.5. The summed E-state index contributed by atoms with van der Waals surface area (Å²) in [6.07, 6.45) is 4.33. The third-order valence-corrected chi connectivity index (χ3v) is 5.75. The van der Waals surface area contributed by atoms with Gasteiger partial charge >= 0.3 is 0 Å². The van der Waals surface area contributed by atoms with Gasteiger partial charge in [0.2, 0.25) is 0 Å². The van der Waals surface area contributed by atoms with Crippen LogP contribution >= 0.6 is 0 Å². The van der Waals surface area contributed by atoms with E-state index in [-0.39, 0.29) is 17.5 Å². The Bertz CT molecular complexity index is 967. The second-order valence-corrected chi connectivity index (χ2v) is 7.37. The van der Waals surface area contributed by atoms with Crippen LogP contribution in [0.1, 0.15) is 50.0 Å². The van der Waals surface area contributed by atoms with Crippen LogP contribution in [0.4, 0.5) is 0 Å². The summed E-state index contributed by atoms with van der Waals surface area (Å²) in [5.74, 6) is 1.60. The summed E-state index contributed by atoms with van der Waals surface area (Å²) < 4.78 is 6.09. The molecule has 1 aliphatic heterocycles. The first-order chi connectivity index (χ1) is 12.7. The number of fused-ring (bicyclic) bond motifs is 1. The third-order valence-electron chi connectivity index (χ3n) is 5.75. The van der Waals surface area contributed by atoms with Crippen molar-refractivity contribution in [2.75, 3.05) is 0 Å². The Morgan fingerprint density at radius 2 is 1.35 bits per heavy atom. The van der Waals surface area contributed by atoms with Gasteiger partial charge in [0.05, 0.1) is 0 Å². The minimum atomic E-state index is -0.265. The van der Waals surface area contributed by atoms with Crippen molar-refractivity contribution in [1.29, 1.82) is 0 Å². The Balaban J connectivity index is 1.73. The first-order valence-corrected chi connectivity index (χ1v) is 9.41. The molecule has 0 aromatic heterocycles. The summed E-state index contributed by atoms with van der Waals surface area (Å²) in [4.78, 5) is 25.6. The molecule has 0 saturated heterocycles. The van der Waals surface area contributed by atoms with Crippen molar-refractivity contribution < 1.29 is 14.3 Å². The van der Waals surface area contributed by atoms with Crippen LogP contribution in [-0.2, 0) is 14.3 Å². The first kappa shape index (κ1) is 15.6. The molecule has 3 nitrogen and oxygen atoms in total. The minimum Gasteiger partial charge on any atom is -0.465 e. The molecule has 5 rings (SSSR count). The van der Waals surface area contributed by atoms with E-state index in [1.165, 1.54) is 0 Å². The van der Waals surface area contributed by atoms with Crippen LogP contribution in [-0.4, -0.2) is 11.6 Å². The lowest BCUT2D eigenvalue weighted by Gasteiger charge is -2.36. The lowest BCUT2D eigenvalue weighted by molar-refractivity contribution is -0.117. The molecule has 0 unspecified atom stereocenters. The molecule has 0 saturated carbocycles. The van der Waals surface area contributed by atoms with Gasteiger partial charge in [-0.2, -0.15) is 0 Å². The van der Waals surface area contributed by atoms with Crippen LogP contribution in [0, 0.1) is 0 Å². The zero-order valence-electron chi connectivity index (χ0n) is 14.6. The van der Waals surface area contributed by atoms with E-state index in [0.717, 1.165) is 64.7 Å². The molecule has 0 bridgehead atoms. The van der Waals surface area contributed by atoms with Crippen molar-refractivity contribution in [3.05, 3.63) is 70.7 Å². The number of Topliss-reactive ketones (excluding diaryl/α,β-unsaturated/α-hetero) is 2. The van der Waals surface area contributed by atoms with E-state index in [9.17, 15) is 9.59 Å². The predicted molar refractivity (Wildman–Crippen MR) is 99.5 cm³/mol. The lowest BCUT2D eigenvalue weighted by Crippen LogP contribution is -2.30. The maximum absolute atomic E-state index is 12.8. The van der Waals surface area contributed by atoms with Crippen molar-refractivity contribution in [2.24, 2.45) is 0 Å². The van der Waals surface area contributed by atoms with E-state index < -0.39 is 0 Å². The second kappa shape index (κ2) is 5.94. The number of hydrogen-bond donors (Lipinski definition) is 0. The molecule has 0 fully saturated rings. The number of ketones is 2. The van der Waals surface area contributed by atoms with Crippen LogP contribution in [0.15, 0.2) is 65.1 Å². The topological polar surface area (TPSA) is 43.4 Å². The molecule has 0 amide bonds. The van der Waals surface area contributed by atoms with Gasteiger partial charge in [-0.1, -0.05) is 42.5 Å². The molecule has 2 aromatic carbocycles. The first-order valence-electron chi connectivity index (χ1n) is 9.41. The van der Waals surface area contributed by atoms with Gasteiger partial charge in [0, 0.05) is 42.7 Å². The molecule has 0 N–H and O–H groups in total. The van der Waals surface area contributed by atoms with E-state index in [2.05, 4.69) is 30.3 Å². The molecule has 0 spiro atoms. The highest BCUT2D eigenvalue weighted by atomic mass is 16.5. The smallest absolute Gasteiger partial charge is 0.163 e. The molecule has 2 aromatic rings. The van der Waals surface area contributed by atoms with E-state index in [0.29, 0.717) is 12.8 Å². The average Bonchev–Trinajstić information content (AvgIpc) is 2.66. The van der Waals surface area contributed by atoms with Gasteiger partial charge in [-0.05, 0) is 29.2 Å². The van der Waals surface area contributed by atoms with Gasteiger partial charge in [-0.15, -0.1) is 0 Å². The average molecular weight is 344 g/mol. The van der Waals surface area contributed by atoms with Crippen molar-refractivity contribution in [2.45, 2.75) is 44.4 Å². The number of ether oxygens (including phenoxy) is 1. The fraction of sp³-hybridized carbons (Fsp3) is 0.304. The Hall–Kier alpha value is -2.68. The van der Waals surface area contributed by atoms with Crippen molar-refractivity contribution >= 4 is 22.3 Å². The van der Waals surface area contributed by atoms with Gasteiger partial charge in [0.15, 0.2) is 11.6 Å². The fourth-order valence-electron chi connectivity index (χ4n) is 4.54. The molecule has 1 heterocycles. The van der Waals surface area contributed by atoms with Gasteiger partial charge < -0.3 is 4.74 Å². The maximum atomic E-state index is 12.8. The molecule has 0 atom stereocenters. The van der Waals surface area contributed by atoms with Gasteiger partial charge in [0.25, 0.3) is 0 Å². The molecule has 3 heteroatoms. The minimum absolute atomic E-state index is 0.134. The predicted octanol–water partition coefficient (Wildman–Crippen LogP) is 4.97. The van der Waals surface area contributed by atoms with Crippen LogP contribution in [0.3, 0.4) is 0 Å². The molecular formula is C23H20O3. The Morgan fingerprint density at radius 1 is 0.731 bits per heavy atom. The molecule has 3 aliphatic rings. The number of carbonyl (C=O) groups is 2. The summed E-state index contributed by atoms with van der Waals surface area (Å²) in [6.45, 7) is 0. The standard InChI is InChI=1S/C23H20O3/c24-17-7-3-9-19-22(17)21(23-18(25)8-4-10-20(23)26-19)16-12-11-14-5-1-2-6-15(14)13-16/h1-2,5-6,11-13,21H,3-4,7-10H2. The lowest BCUT2D eigenvalue weighted by atomic mass is 9.73. The Kier molecular flexibility index (Phi) is 3.56. The van der Waals surface area contributed by atoms with Crippen LogP contribution < -0.4 is 0 Å². The molecule has 130 valence electrons. The normalized spacial score (nSPS) is 20.9. The molecule has 2 aliphatic carbocycles. The summed E-state index contributed by atoms with van der Waals surface area (Å²) in [5, 5.41) is 2.30. The monoisotopic (exact) mass is 344 g/mol. The van der Waals surface area contributed by atoms with Gasteiger partial charge in [-0.3, -0.25) is 9.59 Å². The summed E-state index contributed by atoms with van der Waals surface area (Å²) in [5.41, 5.74) is 2.47. The van der Waals surface area contributed by atoms with Crippen molar-refractivity contribution in [3.63, 3.8) is 0 Å². The SMILES string of the molecule is O=C1CCCC2=C1C(c1ccc3ccccc3c1)C1=C(CCCC1=O)O2. The van der Waals surface area contributed by atoms with E-state index in [1.807, 2.05) is 12.1 Å².